The van der Waals surface area contributed by atoms with Gasteiger partial charge in [-0.1, -0.05) is 60.1 Å². The minimum atomic E-state index is -0.447. The van der Waals surface area contributed by atoms with Gasteiger partial charge in [-0.3, -0.25) is 10.1 Å². The van der Waals surface area contributed by atoms with Crippen LogP contribution in [0.15, 0.2) is 72.0 Å². The Bertz CT molecular complexity index is 1250. The normalized spacial score (nSPS) is 18.1. The quantitative estimate of drug-likeness (QED) is 0.353. The number of hydrogen-bond acceptors (Lipinski definition) is 7. The van der Waals surface area contributed by atoms with Crippen LogP contribution in [0.5, 0.6) is 0 Å². The van der Waals surface area contributed by atoms with E-state index in [0.717, 1.165) is 40.3 Å². The van der Waals surface area contributed by atoms with Gasteiger partial charge in [-0.2, -0.15) is 16.9 Å². The minimum Gasteiger partial charge on any atom is -0.258 e. The molecule has 0 bridgehead atoms. The fourth-order valence-electron chi connectivity index (χ4n) is 4.03. The van der Waals surface area contributed by atoms with Crippen LogP contribution in [-0.4, -0.2) is 38.7 Å². The van der Waals surface area contributed by atoms with E-state index in [1.165, 1.54) is 6.20 Å². The second-order valence-corrected chi connectivity index (χ2v) is 9.34. The molecule has 1 unspecified atom stereocenters. The minimum absolute atomic E-state index is 0.0734. The second kappa shape index (κ2) is 9.33. The van der Waals surface area contributed by atoms with Gasteiger partial charge in [0.15, 0.2) is 5.82 Å². The molecule has 0 saturated carbocycles. The third-order valence-electron chi connectivity index (χ3n) is 5.70. The van der Waals surface area contributed by atoms with E-state index in [2.05, 4.69) is 16.0 Å². The summed E-state index contributed by atoms with van der Waals surface area (Å²) in [5.41, 5.74) is 3.68. The van der Waals surface area contributed by atoms with Crippen molar-refractivity contribution in [3.63, 3.8) is 0 Å². The first-order valence-corrected chi connectivity index (χ1v) is 12.1. The molecule has 9 heteroatoms. The number of halogens is 1. The van der Waals surface area contributed by atoms with E-state index in [-0.39, 0.29) is 17.4 Å². The number of benzene rings is 2. The number of hydrazone groups is 1. The molecule has 0 N–H and O–H groups in total. The van der Waals surface area contributed by atoms with E-state index >= 15 is 0 Å². The van der Waals surface area contributed by atoms with Crippen LogP contribution in [0.2, 0.25) is 5.02 Å². The largest absolute Gasteiger partial charge is 0.331 e. The van der Waals surface area contributed by atoms with Crippen LogP contribution in [0.4, 0.5) is 11.5 Å². The SMILES string of the molecule is O=[N+]([O-])c1cnc(C2=CCSCC2)nc1N1CC(c2ccccc2)C(c2ccc(Cl)cc2)=N1. The number of nitrogens with zero attached hydrogens (tertiary/aromatic N) is 5. The molecule has 3 heterocycles. The van der Waals surface area contributed by atoms with Crippen molar-refractivity contribution < 1.29 is 4.92 Å². The van der Waals surface area contributed by atoms with Crippen LogP contribution in [0, 0.1) is 10.1 Å². The monoisotopic (exact) mass is 477 g/mol. The number of anilines is 1. The molecule has 0 spiro atoms. The highest BCUT2D eigenvalue weighted by molar-refractivity contribution is 7.99. The summed E-state index contributed by atoms with van der Waals surface area (Å²) in [6, 6.07) is 17.5. The van der Waals surface area contributed by atoms with Gasteiger partial charge in [0.05, 0.1) is 17.2 Å². The average Bonchev–Trinajstić information content (AvgIpc) is 3.30. The molecule has 0 saturated heterocycles. The van der Waals surface area contributed by atoms with Crippen LogP contribution >= 0.6 is 23.4 Å². The van der Waals surface area contributed by atoms with Gasteiger partial charge >= 0.3 is 5.69 Å². The summed E-state index contributed by atoms with van der Waals surface area (Å²) in [6.45, 7) is 0.439. The summed E-state index contributed by atoms with van der Waals surface area (Å²) in [5.74, 6) is 2.55. The lowest BCUT2D eigenvalue weighted by atomic mass is 9.91. The van der Waals surface area contributed by atoms with Crippen LogP contribution < -0.4 is 5.01 Å². The summed E-state index contributed by atoms with van der Waals surface area (Å²) >= 11 is 7.94. The molecule has 7 nitrogen and oxygen atoms in total. The van der Waals surface area contributed by atoms with Crippen molar-refractivity contribution in [3.8, 4) is 0 Å². The van der Waals surface area contributed by atoms with Gasteiger partial charge in [-0.05, 0) is 41.0 Å². The van der Waals surface area contributed by atoms with E-state index in [1.54, 1.807) is 5.01 Å². The lowest BCUT2D eigenvalue weighted by Gasteiger charge is -2.17. The van der Waals surface area contributed by atoms with E-state index in [9.17, 15) is 10.1 Å². The number of rotatable bonds is 5. The van der Waals surface area contributed by atoms with Crippen LogP contribution in [-0.2, 0) is 0 Å². The summed E-state index contributed by atoms with van der Waals surface area (Å²) < 4.78 is 0. The Labute approximate surface area is 200 Å². The fraction of sp³-hybridized carbons (Fsp3) is 0.208. The molecule has 0 fully saturated rings. The second-order valence-electron chi connectivity index (χ2n) is 7.75. The van der Waals surface area contributed by atoms with Gasteiger partial charge in [-0.25, -0.2) is 15.0 Å². The molecule has 33 heavy (non-hydrogen) atoms. The van der Waals surface area contributed by atoms with E-state index in [1.807, 2.05) is 66.4 Å². The number of aromatic nitrogens is 2. The Hall–Kier alpha value is -3.23. The maximum atomic E-state index is 11.8. The van der Waals surface area contributed by atoms with Gasteiger partial charge in [0.1, 0.15) is 6.20 Å². The molecule has 0 aliphatic carbocycles. The Morgan fingerprint density at radius 2 is 1.91 bits per heavy atom. The molecule has 5 rings (SSSR count). The number of allylic oxidation sites excluding steroid dienone is 1. The molecule has 2 aliphatic rings. The molecular weight excluding hydrogens is 458 g/mol. The van der Waals surface area contributed by atoms with Gasteiger partial charge in [0.2, 0.25) is 5.82 Å². The Morgan fingerprint density at radius 3 is 2.61 bits per heavy atom. The molecule has 2 aliphatic heterocycles. The van der Waals surface area contributed by atoms with Gasteiger partial charge in [0.25, 0.3) is 0 Å². The van der Waals surface area contributed by atoms with Crippen LogP contribution in [0.25, 0.3) is 5.57 Å². The first-order valence-electron chi connectivity index (χ1n) is 10.6. The lowest BCUT2D eigenvalue weighted by molar-refractivity contribution is -0.384. The molecule has 166 valence electrons. The van der Waals surface area contributed by atoms with Gasteiger partial charge in [-0.15, -0.1) is 0 Å². The smallest absolute Gasteiger partial charge is 0.258 e. The molecule has 0 radical (unpaired) electrons. The van der Waals surface area contributed by atoms with Crippen LogP contribution in [0.3, 0.4) is 0 Å². The van der Waals surface area contributed by atoms with Gasteiger partial charge in [0, 0.05) is 16.7 Å². The molecule has 1 atom stereocenters. The molecule has 0 amide bonds. The lowest BCUT2D eigenvalue weighted by Crippen LogP contribution is -2.21. The Balaban J connectivity index is 1.60. The molecular formula is C24H20ClN5O2S. The zero-order chi connectivity index (χ0) is 22.8. The maximum Gasteiger partial charge on any atom is 0.331 e. The average molecular weight is 478 g/mol. The third-order valence-corrected chi connectivity index (χ3v) is 6.84. The predicted molar refractivity (Wildman–Crippen MR) is 133 cm³/mol. The van der Waals surface area contributed by atoms with Crippen molar-refractivity contribution in [2.75, 3.05) is 23.1 Å². The van der Waals surface area contributed by atoms with E-state index in [0.29, 0.717) is 17.4 Å². The van der Waals surface area contributed by atoms with Crippen molar-refractivity contribution >= 4 is 46.2 Å². The Morgan fingerprint density at radius 1 is 1.12 bits per heavy atom. The number of thioether (sulfide) groups is 1. The fourth-order valence-corrected chi connectivity index (χ4v) is 5.01. The first kappa shape index (κ1) is 21.6. The van der Waals surface area contributed by atoms with Crippen molar-refractivity contribution in [1.29, 1.82) is 0 Å². The summed E-state index contributed by atoms with van der Waals surface area (Å²) in [5, 5.41) is 18.9. The summed E-state index contributed by atoms with van der Waals surface area (Å²) in [4.78, 5) is 20.3. The van der Waals surface area contributed by atoms with Crippen molar-refractivity contribution in [2.45, 2.75) is 12.3 Å². The standard InChI is InChI=1S/C24H20ClN5O2S/c25-19-8-6-17(7-9-19)22-20(16-4-2-1-3-5-16)15-29(28-22)24-21(30(31)32)14-26-23(27-24)18-10-12-33-13-11-18/h1-10,14,20H,11-13,15H2. The maximum absolute atomic E-state index is 11.8. The van der Waals surface area contributed by atoms with E-state index in [4.69, 9.17) is 16.7 Å². The first-order chi connectivity index (χ1) is 16.1. The Kier molecular flexibility index (Phi) is 6.11. The van der Waals surface area contributed by atoms with Crippen molar-refractivity contribution in [2.24, 2.45) is 5.10 Å². The molecule has 1 aromatic heterocycles. The molecule has 2 aromatic carbocycles. The highest BCUT2D eigenvalue weighted by atomic mass is 35.5. The zero-order valence-corrected chi connectivity index (χ0v) is 19.2. The topological polar surface area (TPSA) is 84.5 Å². The van der Waals surface area contributed by atoms with Gasteiger partial charge < -0.3 is 0 Å². The highest BCUT2D eigenvalue weighted by Crippen LogP contribution is 2.36. The number of nitro groups is 1. The summed E-state index contributed by atoms with van der Waals surface area (Å²) in [7, 11) is 0. The zero-order valence-electron chi connectivity index (χ0n) is 17.6. The third kappa shape index (κ3) is 4.49. The molecule has 3 aromatic rings. The summed E-state index contributed by atoms with van der Waals surface area (Å²) in [6.07, 6.45) is 4.24. The van der Waals surface area contributed by atoms with Crippen molar-refractivity contribution in [3.05, 3.63) is 99.0 Å². The highest BCUT2D eigenvalue weighted by Gasteiger charge is 2.34. The van der Waals surface area contributed by atoms with E-state index < -0.39 is 4.92 Å². The number of hydrogen-bond donors (Lipinski definition) is 0. The van der Waals surface area contributed by atoms with Crippen molar-refractivity contribution in [1.82, 2.24) is 9.97 Å². The van der Waals surface area contributed by atoms with Crippen LogP contribution in [0.1, 0.15) is 29.3 Å². The predicted octanol–water partition coefficient (Wildman–Crippen LogP) is 5.57.